The van der Waals surface area contributed by atoms with E-state index in [1.807, 2.05) is 12.3 Å². The summed E-state index contributed by atoms with van der Waals surface area (Å²) in [4.78, 5) is 22.6. The van der Waals surface area contributed by atoms with Gasteiger partial charge in [0.05, 0.1) is 6.61 Å². The molecule has 8 nitrogen and oxygen atoms in total. The molecule has 0 radical (unpaired) electrons. The zero-order valence-corrected chi connectivity index (χ0v) is 30.6. The zero-order valence-electron chi connectivity index (χ0n) is 30.6. The molecule has 3 aliphatic heterocycles. The first-order valence-electron chi connectivity index (χ1n) is 17.5. The third-order valence-electron chi connectivity index (χ3n) is 10.3. The van der Waals surface area contributed by atoms with Gasteiger partial charge in [-0.15, -0.1) is 0 Å². The highest BCUT2D eigenvalue weighted by Crippen LogP contribution is 2.36. The summed E-state index contributed by atoms with van der Waals surface area (Å²) in [6.45, 7) is 40.3. The molecule has 3 atom stereocenters. The molecular weight excluding hydrogens is 546 g/mol. The second-order valence-corrected chi connectivity index (χ2v) is 17.9. The molecule has 44 heavy (non-hydrogen) atoms. The van der Waals surface area contributed by atoms with Gasteiger partial charge < -0.3 is 9.64 Å². The lowest BCUT2D eigenvalue weighted by Crippen LogP contribution is -2.61. The number of rotatable bonds is 9. The largest absolute Gasteiger partial charge is 0.477 e. The number of piperazine rings is 2. The Labute approximate surface area is 270 Å². The molecule has 3 saturated heterocycles. The van der Waals surface area contributed by atoms with Gasteiger partial charge in [-0.25, -0.2) is 4.98 Å². The fraction of sp³-hybridized carbons (Fsp3) is 0.889. The Balaban J connectivity index is 1.27. The zero-order chi connectivity index (χ0) is 32.5. The van der Waals surface area contributed by atoms with Crippen molar-refractivity contribution in [3.05, 3.63) is 12.3 Å². The molecule has 0 aliphatic carbocycles. The maximum Gasteiger partial charge on any atom is 0.228 e. The van der Waals surface area contributed by atoms with Crippen LogP contribution in [0.2, 0.25) is 0 Å². The van der Waals surface area contributed by atoms with Gasteiger partial charge in [-0.2, -0.15) is 4.98 Å². The fourth-order valence-corrected chi connectivity index (χ4v) is 8.11. The fourth-order valence-electron chi connectivity index (χ4n) is 8.11. The Morgan fingerprint density at radius 2 is 1.43 bits per heavy atom. The van der Waals surface area contributed by atoms with Crippen molar-refractivity contribution in [1.29, 1.82) is 0 Å². The summed E-state index contributed by atoms with van der Waals surface area (Å²) in [6, 6.07) is 3.22. The molecule has 0 amide bonds. The first kappa shape index (κ1) is 35.4. The van der Waals surface area contributed by atoms with Gasteiger partial charge >= 0.3 is 0 Å². The van der Waals surface area contributed by atoms with E-state index in [9.17, 15) is 0 Å². The number of piperidine rings is 1. The van der Waals surface area contributed by atoms with Gasteiger partial charge in [0.1, 0.15) is 0 Å². The van der Waals surface area contributed by atoms with E-state index in [2.05, 4.69) is 113 Å². The molecule has 1 unspecified atom stereocenters. The van der Waals surface area contributed by atoms with Crippen molar-refractivity contribution in [1.82, 2.24) is 29.6 Å². The normalized spacial score (nSPS) is 26.3. The highest BCUT2D eigenvalue weighted by molar-refractivity contribution is 5.33. The number of hydrogen-bond acceptors (Lipinski definition) is 8. The van der Waals surface area contributed by atoms with Crippen LogP contribution in [0.1, 0.15) is 95.9 Å². The lowest BCUT2D eigenvalue weighted by molar-refractivity contribution is -0.0250. The van der Waals surface area contributed by atoms with Crippen LogP contribution in [-0.2, 0) is 0 Å². The van der Waals surface area contributed by atoms with Crippen molar-refractivity contribution in [2.45, 2.75) is 119 Å². The lowest BCUT2D eigenvalue weighted by atomic mass is 9.77. The third kappa shape index (κ3) is 9.52. The summed E-state index contributed by atoms with van der Waals surface area (Å²) in [6.07, 6.45) is 4.31. The van der Waals surface area contributed by atoms with Crippen LogP contribution in [0, 0.1) is 16.7 Å². The number of likely N-dealkylation sites (tertiary alicyclic amines) is 1. The Bertz CT molecular complexity index is 1050. The molecule has 4 rings (SSSR count). The average molecular weight is 614 g/mol. The second-order valence-electron chi connectivity index (χ2n) is 17.9. The predicted octanol–water partition coefficient (Wildman–Crippen LogP) is 5.73. The monoisotopic (exact) mass is 614 g/mol. The summed E-state index contributed by atoms with van der Waals surface area (Å²) >= 11 is 0. The van der Waals surface area contributed by atoms with Gasteiger partial charge in [0.25, 0.3) is 0 Å². The van der Waals surface area contributed by atoms with Gasteiger partial charge in [-0.1, -0.05) is 41.5 Å². The van der Waals surface area contributed by atoms with E-state index in [1.54, 1.807) is 0 Å². The Morgan fingerprint density at radius 3 is 2.02 bits per heavy atom. The number of aromatic nitrogens is 2. The van der Waals surface area contributed by atoms with E-state index in [0.29, 0.717) is 30.5 Å². The van der Waals surface area contributed by atoms with Gasteiger partial charge in [0, 0.05) is 101 Å². The second kappa shape index (κ2) is 13.7. The van der Waals surface area contributed by atoms with Crippen LogP contribution in [-0.4, -0.2) is 125 Å². The molecule has 0 aromatic carbocycles. The molecule has 1 aromatic rings. The molecule has 4 heterocycles. The minimum Gasteiger partial charge on any atom is -0.477 e. The number of hydrogen-bond donors (Lipinski definition) is 0. The maximum absolute atomic E-state index is 5.96. The first-order valence-corrected chi connectivity index (χ1v) is 17.5. The molecule has 252 valence electrons. The van der Waals surface area contributed by atoms with E-state index >= 15 is 0 Å². The highest BCUT2D eigenvalue weighted by atomic mass is 16.5. The molecule has 0 spiro atoms. The molecule has 0 N–H and O–H groups in total. The minimum atomic E-state index is 0.102. The Hall–Kier alpha value is -1.48. The predicted molar refractivity (Wildman–Crippen MR) is 185 cm³/mol. The summed E-state index contributed by atoms with van der Waals surface area (Å²) < 4.78 is 5.96. The van der Waals surface area contributed by atoms with E-state index in [0.717, 1.165) is 32.1 Å². The van der Waals surface area contributed by atoms with Crippen LogP contribution in [0.4, 0.5) is 5.95 Å². The van der Waals surface area contributed by atoms with Crippen molar-refractivity contribution < 1.29 is 4.74 Å². The van der Waals surface area contributed by atoms with Crippen LogP contribution < -0.4 is 9.64 Å². The van der Waals surface area contributed by atoms with Gasteiger partial charge in [-0.05, 0) is 71.1 Å². The summed E-state index contributed by atoms with van der Waals surface area (Å²) in [7, 11) is 0. The number of ether oxygens (including phenoxy) is 1. The maximum atomic E-state index is 5.96. The van der Waals surface area contributed by atoms with E-state index in [1.165, 1.54) is 52.1 Å². The first-order chi connectivity index (χ1) is 20.3. The van der Waals surface area contributed by atoms with Crippen LogP contribution >= 0.6 is 0 Å². The van der Waals surface area contributed by atoms with Crippen LogP contribution in [0.15, 0.2) is 12.3 Å². The molecule has 3 fully saturated rings. The van der Waals surface area contributed by atoms with Crippen LogP contribution in [0.3, 0.4) is 0 Å². The lowest BCUT2D eigenvalue weighted by Gasteiger charge is -2.52. The van der Waals surface area contributed by atoms with Crippen molar-refractivity contribution in [3.8, 4) is 5.88 Å². The van der Waals surface area contributed by atoms with Crippen molar-refractivity contribution >= 4 is 5.95 Å². The molecule has 0 bridgehead atoms. The molecule has 0 saturated carbocycles. The van der Waals surface area contributed by atoms with Gasteiger partial charge in [0.15, 0.2) is 0 Å². The van der Waals surface area contributed by atoms with Crippen LogP contribution in [0.5, 0.6) is 5.88 Å². The van der Waals surface area contributed by atoms with Crippen molar-refractivity contribution in [2.75, 3.05) is 77.0 Å². The Kier molecular flexibility index (Phi) is 11.0. The van der Waals surface area contributed by atoms with E-state index < -0.39 is 0 Å². The minimum absolute atomic E-state index is 0.102. The smallest absolute Gasteiger partial charge is 0.228 e. The molecule has 8 heteroatoms. The van der Waals surface area contributed by atoms with Gasteiger partial charge in [0.2, 0.25) is 11.8 Å². The SMILES string of the molecule is C[C@@H]1CC(N2CCN(C(C)(C)C)CC2)[C@@H](C)CN1CC(C)(C)CC(C)(C)N1CCN(c2nccc(OCC(C)(C)C)n2)CC1. The van der Waals surface area contributed by atoms with E-state index in [-0.39, 0.29) is 21.9 Å². The standard InChI is InChI=1S/C36H67N7O/c1-28-24-41(29(2)23-30(28)39-15-19-42(20-16-39)34(6,7)8)26-35(9,10)25-36(11,12)43-21-17-40(18-22-43)32-37-14-13-31(38-32)44-27-33(3,4)5/h13-14,28-30H,15-27H2,1-12H3/t28-,29+,30?/m0/s1. The third-order valence-corrected chi connectivity index (χ3v) is 10.3. The van der Waals surface area contributed by atoms with Crippen molar-refractivity contribution in [2.24, 2.45) is 16.7 Å². The van der Waals surface area contributed by atoms with Gasteiger partial charge in [-0.3, -0.25) is 19.6 Å². The quantitative estimate of drug-likeness (QED) is 0.350. The van der Waals surface area contributed by atoms with E-state index in [4.69, 9.17) is 9.72 Å². The van der Waals surface area contributed by atoms with Crippen molar-refractivity contribution in [3.63, 3.8) is 0 Å². The highest BCUT2D eigenvalue weighted by Gasteiger charge is 2.41. The summed E-state index contributed by atoms with van der Waals surface area (Å²) in [5.41, 5.74) is 0.753. The molecule has 3 aliphatic rings. The molecule has 1 aromatic heterocycles. The Morgan fingerprint density at radius 1 is 0.818 bits per heavy atom. The van der Waals surface area contributed by atoms with Crippen LogP contribution in [0.25, 0.3) is 0 Å². The summed E-state index contributed by atoms with van der Waals surface area (Å²) in [5, 5.41) is 0. The average Bonchev–Trinajstić information content (AvgIpc) is 2.92. The number of anilines is 1. The topological polar surface area (TPSA) is 51.2 Å². The molecular formula is C36H67N7O. The summed E-state index contributed by atoms with van der Waals surface area (Å²) in [5.74, 6) is 2.17. The number of nitrogens with zero attached hydrogens (tertiary/aromatic N) is 7.